The van der Waals surface area contributed by atoms with Crippen LogP contribution in [0, 0.1) is 0 Å². The first-order valence-electron chi connectivity index (χ1n) is 7.14. The predicted molar refractivity (Wildman–Crippen MR) is 77.0 cm³/mol. The maximum absolute atomic E-state index is 11.9. The Balaban J connectivity index is 2.40. The monoisotopic (exact) mass is 271 g/mol. The third-order valence-electron chi connectivity index (χ3n) is 3.35. The van der Waals surface area contributed by atoms with Gasteiger partial charge in [0.2, 0.25) is 5.91 Å². The van der Waals surface area contributed by atoms with Crippen LogP contribution in [-0.4, -0.2) is 55.2 Å². The number of hydrogen-bond donors (Lipinski definition) is 2. The minimum atomic E-state index is -0.191. The first-order chi connectivity index (χ1) is 8.81. The van der Waals surface area contributed by atoms with E-state index in [4.69, 9.17) is 10.5 Å². The van der Waals surface area contributed by atoms with Gasteiger partial charge in [-0.1, -0.05) is 0 Å². The quantitative estimate of drug-likeness (QED) is 0.747. The van der Waals surface area contributed by atoms with Crippen LogP contribution in [0.3, 0.4) is 0 Å². The zero-order chi connectivity index (χ0) is 14.5. The molecule has 1 aliphatic heterocycles. The van der Waals surface area contributed by atoms with E-state index in [0.717, 1.165) is 26.0 Å². The van der Waals surface area contributed by atoms with E-state index in [1.807, 2.05) is 27.8 Å². The fourth-order valence-electron chi connectivity index (χ4n) is 2.36. The molecular weight excluding hydrogens is 242 g/mol. The fourth-order valence-corrected chi connectivity index (χ4v) is 2.36. The third-order valence-corrected chi connectivity index (χ3v) is 3.35. The molecule has 5 nitrogen and oxygen atoms in total. The van der Waals surface area contributed by atoms with E-state index in [1.165, 1.54) is 0 Å². The van der Waals surface area contributed by atoms with Crippen molar-refractivity contribution in [3.8, 4) is 0 Å². The van der Waals surface area contributed by atoms with Crippen LogP contribution < -0.4 is 11.1 Å². The van der Waals surface area contributed by atoms with Crippen LogP contribution in [0.5, 0.6) is 0 Å². The lowest BCUT2D eigenvalue weighted by atomic mass is 10.1. The first-order valence-corrected chi connectivity index (χ1v) is 7.14. The number of nitrogens with one attached hydrogen (secondary N) is 1. The van der Waals surface area contributed by atoms with Gasteiger partial charge >= 0.3 is 0 Å². The molecule has 1 heterocycles. The van der Waals surface area contributed by atoms with Crippen LogP contribution in [0.1, 0.15) is 40.0 Å². The second-order valence-electron chi connectivity index (χ2n) is 6.47. The van der Waals surface area contributed by atoms with Gasteiger partial charge < -0.3 is 15.8 Å². The molecule has 0 aromatic rings. The number of hydrogen-bond acceptors (Lipinski definition) is 4. The van der Waals surface area contributed by atoms with Crippen molar-refractivity contribution in [1.29, 1.82) is 0 Å². The SMILES string of the molecule is CN(CC1CCCO1)C(CN)CC(=O)NC(C)(C)C. The molecule has 2 atom stereocenters. The summed E-state index contributed by atoms with van der Waals surface area (Å²) in [5.41, 5.74) is 5.61. The number of ether oxygens (including phenoxy) is 1. The zero-order valence-electron chi connectivity index (χ0n) is 12.7. The van der Waals surface area contributed by atoms with Crippen LogP contribution in [-0.2, 0) is 9.53 Å². The Labute approximate surface area is 116 Å². The minimum Gasteiger partial charge on any atom is -0.377 e. The summed E-state index contributed by atoms with van der Waals surface area (Å²) in [6.07, 6.45) is 2.98. The van der Waals surface area contributed by atoms with Gasteiger partial charge in [0.05, 0.1) is 6.10 Å². The summed E-state index contributed by atoms with van der Waals surface area (Å²) in [5.74, 6) is 0.0575. The van der Waals surface area contributed by atoms with Crippen molar-refractivity contribution in [3.05, 3.63) is 0 Å². The lowest BCUT2D eigenvalue weighted by Crippen LogP contribution is -2.47. The molecule has 1 aliphatic rings. The highest BCUT2D eigenvalue weighted by Crippen LogP contribution is 2.14. The Morgan fingerprint density at radius 3 is 2.68 bits per heavy atom. The fraction of sp³-hybridized carbons (Fsp3) is 0.929. The van der Waals surface area contributed by atoms with Gasteiger partial charge in [0.1, 0.15) is 0 Å². The van der Waals surface area contributed by atoms with E-state index in [-0.39, 0.29) is 17.5 Å². The van der Waals surface area contributed by atoms with Crippen molar-refractivity contribution in [2.45, 2.75) is 57.7 Å². The van der Waals surface area contributed by atoms with E-state index in [2.05, 4.69) is 10.2 Å². The van der Waals surface area contributed by atoms with Gasteiger partial charge in [-0.15, -0.1) is 0 Å². The van der Waals surface area contributed by atoms with E-state index < -0.39 is 0 Å². The highest BCUT2D eigenvalue weighted by atomic mass is 16.5. The van der Waals surface area contributed by atoms with Crippen molar-refractivity contribution in [2.24, 2.45) is 5.73 Å². The number of carbonyl (C=O) groups excluding carboxylic acids is 1. The molecule has 0 aromatic carbocycles. The summed E-state index contributed by atoms with van der Waals surface area (Å²) in [4.78, 5) is 14.1. The zero-order valence-corrected chi connectivity index (χ0v) is 12.7. The molecule has 0 aromatic heterocycles. The molecule has 2 unspecified atom stereocenters. The van der Waals surface area contributed by atoms with E-state index >= 15 is 0 Å². The average molecular weight is 271 g/mol. The van der Waals surface area contributed by atoms with Gasteiger partial charge in [-0.3, -0.25) is 9.69 Å². The van der Waals surface area contributed by atoms with Crippen molar-refractivity contribution >= 4 is 5.91 Å². The molecule has 1 rings (SSSR count). The summed E-state index contributed by atoms with van der Waals surface area (Å²) in [6, 6.07) is 0.0755. The predicted octanol–water partition coefficient (Wildman–Crippen LogP) is 0.729. The molecule has 19 heavy (non-hydrogen) atoms. The Morgan fingerprint density at radius 2 is 2.21 bits per heavy atom. The topological polar surface area (TPSA) is 67.6 Å². The van der Waals surface area contributed by atoms with Crippen molar-refractivity contribution in [1.82, 2.24) is 10.2 Å². The molecule has 5 heteroatoms. The second-order valence-corrected chi connectivity index (χ2v) is 6.47. The molecule has 0 radical (unpaired) electrons. The lowest BCUT2D eigenvalue weighted by Gasteiger charge is -2.30. The molecule has 1 amide bonds. The standard InChI is InChI=1S/C14H29N3O2/c1-14(2,3)16-13(18)8-11(9-15)17(4)10-12-6-5-7-19-12/h11-12H,5-10,15H2,1-4H3,(H,16,18). The Morgan fingerprint density at radius 1 is 1.53 bits per heavy atom. The van der Waals surface area contributed by atoms with Crippen molar-refractivity contribution < 1.29 is 9.53 Å². The minimum absolute atomic E-state index is 0.0575. The molecule has 0 saturated carbocycles. The molecule has 1 fully saturated rings. The van der Waals surface area contributed by atoms with Gasteiger partial charge in [-0.05, 0) is 40.7 Å². The molecule has 112 valence electrons. The third kappa shape index (κ3) is 6.36. The van der Waals surface area contributed by atoms with Crippen molar-refractivity contribution in [3.63, 3.8) is 0 Å². The van der Waals surface area contributed by atoms with Gasteiger partial charge in [-0.25, -0.2) is 0 Å². The summed E-state index contributed by atoms with van der Waals surface area (Å²) < 4.78 is 5.62. The Kier molecular flexibility index (Phi) is 6.23. The maximum atomic E-state index is 11.9. The largest absolute Gasteiger partial charge is 0.377 e. The van der Waals surface area contributed by atoms with E-state index in [0.29, 0.717) is 19.1 Å². The molecule has 3 N–H and O–H groups in total. The van der Waals surface area contributed by atoms with Gasteiger partial charge in [0.25, 0.3) is 0 Å². The molecule has 0 spiro atoms. The smallest absolute Gasteiger partial charge is 0.222 e. The van der Waals surface area contributed by atoms with Gasteiger partial charge in [0.15, 0.2) is 0 Å². The van der Waals surface area contributed by atoms with E-state index in [9.17, 15) is 4.79 Å². The number of amides is 1. The molecular formula is C14H29N3O2. The Bertz CT molecular complexity index is 283. The average Bonchev–Trinajstić information content (AvgIpc) is 2.75. The maximum Gasteiger partial charge on any atom is 0.222 e. The summed E-state index contributed by atoms with van der Waals surface area (Å²) in [5, 5.41) is 2.98. The van der Waals surface area contributed by atoms with Gasteiger partial charge in [0, 0.05) is 37.7 Å². The normalized spacial score (nSPS) is 21.7. The molecule has 0 bridgehead atoms. The summed E-state index contributed by atoms with van der Waals surface area (Å²) in [6.45, 7) is 8.15. The first kappa shape index (κ1) is 16.4. The number of likely N-dealkylation sites (N-methyl/N-ethyl adjacent to an activating group) is 1. The van der Waals surface area contributed by atoms with E-state index in [1.54, 1.807) is 0 Å². The van der Waals surface area contributed by atoms with Crippen molar-refractivity contribution in [2.75, 3.05) is 26.7 Å². The number of nitrogens with zero attached hydrogens (tertiary/aromatic N) is 1. The number of carbonyl (C=O) groups is 1. The van der Waals surface area contributed by atoms with Crippen LogP contribution in [0.25, 0.3) is 0 Å². The Hall–Kier alpha value is -0.650. The summed E-state index contributed by atoms with van der Waals surface area (Å²) >= 11 is 0. The second kappa shape index (κ2) is 7.22. The van der Waals surface area contributed by atoms with Crippen LogP contribution in [0.2, 0.25) is 0 Å². The molecule has 0 aliphatic carbocycles. The lowest BCUT2D eigenvalue weighted by molar-refractivity contribution is -0.123. The van der Waals surface area contributed by atoms with Crippen LogP contribution in [0.4, 0.5) is 0 Å². The van der Waals surface area contributed by atoms with Crippen LogP contribution in [0.15, 0.2) is 0 Å². The van der Waals surface area contributed by atoms with Gasteiger partial charge in [-0.2, -0.15) is 0 Å². The highest BCUT2D eigenvalue weighted by Gasteiger charge is 2.24. The highest BCUT2D eigenvalue weighted by molar-refractivity contribution is 5.77. The number of rotatable bonds is 6. The number of nitrogens with two attached hydrogens (primary N) is 1. The molecule has 1 saturated heterocycles. The van der Waals surface area contributed by atoms with Crippen LogP contribution >= 0.6 is 0 Å². The summed E-state index contributed by atoms with van der Waals surface area (Å²) in [7, 11) is 2.02.